The molecule has 11 heavy (non-hydrogen) atoms. The predicted molar refractivity (Wildman–Crippen MR) is 54.2 cm³/mol. The molecule has 0 fully saturated rings. The maximum Gasteiger partial charge on any atom is 0.0401 e. The van der Waals surface area contributed by atoms with E-state index in [0.717, 1.165) is 15.6 Å². The van der Waals surface area contributed by atoms with Gasteiger partial charge in [0.1, 0.15) is 0 Å². The lowest BCUT2D eigenvalue weighted by atomic mass is 10.1. The van der Waals surface area contributed by atoms with E-state index in [1.807, 2.05) is 12.4 Å². The highest BCUT2D eigenvalue weighted by Crippen LogP contribution is 2.14. The maximum atomic E-state index is 5.82. The van der Waals surface area contributed by atoms with Crippen LogP contribution in [0.15, 0.2) is 18.5 Å². The van der Waals surface area contributed by atoms with E-state index in [-0.39, 0.29) is 6.04 Å². The summed E-state index contributed by atoms with van der Waals surface area (Å²) in [7, 11) is 0. The summed E-state index contributed by atoms with van der Waals surface area (Å²) < 4.78 is 1.14. The molecule has 3 heteroatoms. The second-order valence-corrected chi connectivity index (χ2v) is 3.70. The summed E-state index contributed by atoms with van der Waals surface area (Å²) in [6.45, 7) is 2.07. The molecule has 0 saturated carbocycles. The number of halogens is 1. The van der Waals surface area contributed by atoms with Crippen LogP contribution >= 0.6 is 22.6 Å². The molecule has 0 aliphatic rings. The molecule has 0 radical (unpaired) electrons. The van der Waals surface area contributed by atoms with Crippen LogP contribution in [0.2, 0.25) is 0 Å². The molecule has 1 aromatic heterocycles. The molecule has 2 nitrogen and oxygen atoms in total. The summed E-state index contributed by atoms with van der Waals surface area (Å²) in [4.78, 5) is 4.07. The molecule has 0 saturated heterocycles. The molecule has 1 heterocycles. The molecule has 1 unspecified atom stereocenters. The number of nitrogens with two attached hydrogens (primary N) is 1. The zero-order chi connectivity index (χ0) is 8.27. The second-order valence-electron chi connectivity index (χ2n) is 2.45. The van der Waals surface area contributed by atoms with E-state index in [4.69, 9.17) is 5.73 Å². The van der Waals surface area contributed by atoms with Gasteiger partial charge in [0, 0.05) is 22.0 Å². The predicted octanol–water partition coefficient (Wildman–Crippen LogP) is 2.10. The molecule has 1 aromatic rings. The molecule has 60 valence electrons. The number of hydrogen-bond donors (Lipinski definition) is 1. The topological polar surface area (TPSA) is 38.9 Å². The van der Waals surface area contributed by atoms with E-state index in [9.17, 15) is 0 Å². The molecule has 0 bridgehead atoms. The van der Waals surface area contributed by atoms with Gasteiger partial charge in [0.15, 0.2) is 0 Å². The molecular weight excluding hydrogens is 251 g/mol. The Morgan fingerprint density at radius 1 is 1.64 bits per heavy atom. The van der Waals surface area contributed by atoms with E-state index < -0.39 is 0 Å². The van der Waals surface area contributed by atoms with Crippen LogP contribution in [0.5, 0.6) is 0 Å². The molecule has 0 spiro atoms. The lowest BCUT2D eigenvalue weighted by molar-refractivity contribution is 0.694. The molecule has 0 aliphatic carbocycles. The summed E-state index contributed by atoms with van der Waals surface area (Å²) >= 11 is 2.24. The quantitative estimate of drug-likeness (QED) is 0.829. The van der Waals surface area contributed by atoms with Crippen LogP contribution in [0.4, 0.5) is 0 Å². The highest BCUT2D eigenvalue weighted by atomic mass is 127. The van der Waals surface area contributed by atoms with Gasteiger partial charge in [-0.2, -0.15) is 0 Å². The monoisotopic (exact) mass is 262 g/mol. The van der Waals surface area contributed by atoms with Gasteiger partial charge >= 0.3 is 0 Å². The Kier molecular flexibility index (Phi) is 3.26. The van der Waals surface area contributed by atoms with Crippen LogP contribution in [0, 0.1) is 3.57 Å². The van der Waals surface area contributed by atoms with Crippen molar-refractivity contribution in [3.8, 4) is 0 Å². The zero-order valence-corrected chi connectivity index (χ0v) is 8.58. The minimum absolute atomic E-state index is 0.136. The first-order valence-corrected chi connectivity index (χ1v) is 4.68. The molecule has 0 aromatic carbocycles. The SMILES string of the molecule is CCC(N)c1cncc(I)c1. The van der Waals surface area contributed by atoms with E-state index in [2.05, 4.69) is 40.6 Å². The molecule has 1 atom stereocenters. The highest BCUT2D eigenvalue weighted by molar-refractivity contribution is 14.1. The number of pyridine rings is 1. The van der Waals surface area contributed by atoms with Gasteiger partial charge in [-0.25, -0.2) is 0 Å². The smallest absolute Gasteiger partial charge is 0.0401 e. The van der Waals surface area contributed by atoms with Crippen LogP contribution in [0.25, 0.3) is 0 Å². The fourth-order valence-corrected chi connectivity index (χ4v) is 1.39. The third-order valence-corrected chi connectivity index (χ3v) is 2.18. The van der Waals surface area contributed by atoms with Gasteiger partial charge in [-0.1, -0.05) is 6.92 Å². The van der Waals surface area contributed by atoms with Crippen molar-refractivity contribution in [1.82, 2.24) is 4.98 Å². The van der Waals surface area contributed by atoms with Gasteiger partial charge in [0.25, 0.3) is 0 Å². The van der Waals surface area contributed by atoms with Gasteiger partial charge in [-0.05, 0) is 40.6 Å². The Bertz CT molecular complexity index is 237. The Morgan fingerprint density at radius 2 is 2.36 bits per heavy atom. The van der Waals surface area contributed by atoms with Crippen molar-refractivity contribution < 1.29 is 0 Å². The molecule has 0 amide bonds. The van der Waals surface area contributed by atoms with Crippen LogP contribution in [0.3, 0.4) is 0 Å². The van der Waals surface area contributed by atoms with Gasteiger partial charge < -0.3 is 5.73 Å². The van der Waals surface area contributed by atoms with Gasteiger partial charge in [-0.15, -0.1) is 0 Å². The van der Waals surface area contributed by atoms with E-state index in [0.29, 0.717) is 0 Å². The Hall–Kier alpha value is -0.160. The summed E-state index contributed by atoms with van der Waals surface area (Å²) in [5.74, 6) is 0. The van der Waals surface area contributed by atoms with Crippen molar-refractivity contribution in [3.63, 3.8) is 0 Å². The fraction of sp³-hybridized carbons (Fsp3) is 0.375. The maximum absolute atomic E-state index is 5.82. The minimum atomic E-state index is 0.136. The van der Waals surface area contributed by atoms with Crippen molar-refractivity contribution in [1.29, 1.82) is 0 Å². The van der Waals surface area contributed by atoms with E-state index in [1.165, 1.54) is 0 Å². The van der Waals surface area contributed by atoms with Crippen molar-refractivity contribution in [2.75, 3.05) is 0 Å². The van der Waals surface area contributed by atoms with Crippen molar-refractivity contribution in [2.24, 2.45) is 5.73 Å². The number of rotatable bonds is 2. The molecule has 2 N–H and O–H groups in total. The standard InChI is InChI=1S/C8H11IN2/c1-2-8(10)6-3-7(9)5-11-4-6/h3-5,8H,2,10H2,1H3. The van der Waals surface area contributed by atoms with Crippen LogP contribution in [0.1, 0.15) is 24.9 Å². The Balaban J connectivity index is 2.86. The Morgan fingerprint density at radius 3 is 2.91 bits per heavy atom. The normalized spacial score (nSPS) is 13.0. The highest BCUT2D eigenvalue weighted by Gasteiger charge is 2.02. The van der Waals surface area contributed by atoms with Crippen molar-refractivity contribution >= 4 is 22.6 Å². The van der Waals surface area contributed by atoms with Gasteiger partial charge in [-0.3, -0.25) is 4.98 Å². The summed E-state index contributed by atoms with van der Waals surface area (Å²) in [6.07, 6.45) is 4.62. The van der Waals surface area contributed by atoms with Crippen molar-refractivity contribution in [2.45, 2.75) is 19.4 Å². The largest absolute Gasteiger partial charge is 0.324 e. The first kappa shape index (κ1) is 8.93. The third-order valence-electron chi connectivity index (χ3n) is 1.59. The number of nitrogens with zero attached hydrogens (tertiary/aromatic N) is 1. The fourth-order valence-electron chi connectivity index (χ4n) is 0.867. The van der Waals surface area contributed by atoms with Crippen LogP contribution < -0.4 is 5.73 Å². The number of hydrogen-bond acceptors (Lipinski definition) is 2. The summed E-state index contributed by atoms with van der Waals surface area (Å²) in [5.41, 5.74) is 6.94. The number of aromatic nitrogens is 1. The average Bonchev–Trinajstić information content (AvgIpc) is 2.03. The van der Waals surface area contributed by atoms with E-state index >= 15 is 0 Å². The molecular formula is C8H11IN2. The van der Waals surface area contributed by atoms with Gasteiger partial charge in [0.2, 0.25) is 0 Å². The lowest BCUT2D eigenvalue weighted by Crippen LogP contribution is -2.08. The first-order chi connectivity index (χ1) is 5.24. The van der Waals surface area contributed by atoms with Crippen molar-refractivity contribution in [3.05, 3.63) is 27.6 Å². The summed E-state index contributed by atoms with van der Waals surface area (Å²) in [5, 5.41) is 0. The second kappa shape index (κ2) is 4.01. The average molecular weight is 262 g/mol. The van der Waals surface area contributed by atoms with Gasteiger partial charge in [0.05, 0.1) is 0 Å². The molecule has 0 aliphatic heterocycles. The summed E-state index contributed by atoms with van der Waals surface area (Å²) in [6, 6.07) is 2.21. The molecule has 1 rings (SSSR count). The van der Waals surface area contributed by atoms with Crippen LogP contribution in [-0.2, 0) is 0 Å². The van der Waals surface area contributed by atoms with Crippen LogP contribution in [-0.4, -0.2) is 4.98 Å². The third kappa shape index (κ3) is 2.41. The van der Waals surface area contributed by atoms with E-state index in [1.54, 1.807) is 0 Å². The zero-order valence-electron chi connectivity index (χ0n) is 6.42. The Labute approximate surface area is 80.3 Å². The minimum Gasteiger partial charge on any atom is -0.324 e. The first-order valence-electron chi connectivity index (χ1n) is 3.60. The lowest BCUT2D eigenvalue weighted by Gasteiger charge is -2.07.